The Morgan fingerprint density at radius 2 is 1.71 bits per heavy atom. The Labute approximate surface area is 161 Å². The van der Waals surface area contributed by atoms with Gasteiger partial charge in [0.25, 0.3) is 5.56 Å². The van der Waals surface area contributed by atoms with Crippen molar-refractivity contribution >= 4 is 21.9 Å². The highest BCUT2D eigenvalue weighted by atomic mass is 16.1. The zero-order valence-corrected chi connectivity index (χ0v) is 15.0. The minimum Gasteiger partial charge on any atom is -0.300 e. The van der Waals surface area contributed by atoms with Crippen LogP contribution < -0.4 is 5.56 Å². The zero-order chi connectivity index (χ0) is 18.9. The Bertz CT molecular complexity index is 1370. The molecule has 0 fully saturated rings. The molecule has 3 aromatic heterocycles. The van der Waals surface area contributed by atoms with E-state index < -0.39 is 0 Å². The molecule has 28 heavy (non-hydrogen) atoms. The fourth-order valence-electron chi connectivity index (χ4n) is 3.46. The maximum absolute atomic E-state index is 12.4. The molecule has 0 saturated carbocycles. The molecular formula is C23H16N4O. The zero-order valence-electron chi connectivity index (χ0n) is 15.0. The molecule has 5 rings (SSSR count). The lowest BCUT2D eigenvalue weighted by molar-refractivity contribution is 0.784. The second-order valence-electron chi connectivity index (χ2n) is 6.67. The van der Waals surface area contributed by atoms with Crippen molar-refractivity contribution in [2.75, 3.05) is 0 Å². The summed E-state index contributed by atoms with van der Waals surface area (Å²) in [6.45, 7) is 0.467. The second-order valence-corrected chi connectivity index (χ2v) is 6.67. The van der Waals surface area contributed by atoms with Crippen molar-refractivity contribution in [1.82, 2.24) is 19.5 Å². The largest absolute Gasteiger partial charge is 0.300 e. The summed E-state index contributed by atoms with van der Waals surface area (Å²) >= 11 is 0. The first-order valence-electron chi connectivity index (χ1n) is 9.02. The third-order valence-corrected chi connectivity index (χ3v) is 4.86. The molecule has 2 aromatic carbocycles. The smallest absolute Gasteiger partial charge is 0.269 e. The Hall–Kier alpha value is -3.86. The first-order chi connectivity index (χ1) is 13.8. The molecule has 0 aliphatic heterocycles. The van der Waals surface area contributed by atoms with E-state index in [1.807, 2.05) is 36.5 Å². The van der Waals surface area contributed by atoms with Crippen molar-refractivity contribution in [2.24, 2.45) is 0 Å². The fourth-order valence-corrected chi connectivity index (χ4v) is 3.46. The van der Waals surface area contributed by atoms with Crippen LogP contribution in [0, 0.1) is 0 Å². The SMILES string of the molecule is O=c1cnc2ncccc2n1Cc1cccc(-c2ccc3cnccc3c2)c1. The maximum Gasteiger partial charge on any atom is 0.269 e. The average molecular weight is 364 g/mol. The van der Waals surface area contributed by atoms with Crippen molar-refractivity contribution in [1.29, 1.82) is 0 Å². The van der Waals surface area contributed by atoms with Gasteiger partial charge < -0.3 is 0 Å². The number of hydrogen-bond donors (Lipinski definition) is 0. The summed E-state index contributed by atoms with van der Waals surface area (Å²) in [7, 11) is 0. The van der Waals surface area contributed by atoms with Crippen LogP contribution in [-0.4, -0.2) is 19.5 Å². The first-order valence-corrected chi connectivity index (χ1v) is 9.02. The van der Waals surface area contributed by atoms with Gasteiger partial charge in [0, 0.05) is 24.0 Å². The summed E-state index contributed by atoms with van der Waals surface area (Å²) in [6, 6.07) is 20.3. The van der Waals surface area contributed by atoms with Crippen molar-refractivity contribution in [3.05, 3.63) is 101 Å². The van der Waals surface area contributed by atoms with Crippen molar-refractivity contribution in [2.45, 2.75) is 6.54 Å². The van der Waals surface area contributed by atoms with E-state index in [1.54, 1.807) is 17.0 Å². The van der Waals surface area contributed by atoms with Gasteiger partial charge in [0.2, 0.25) is 0 Å². The first kappa shape index (κ1) is 16.3. The standard InChI is InChI=1S/C23H16N4O/c28-22-14-26-23-21(5-2-9-25-23)27(22)15-16-3-1-4-17(11-16)18-6-7-20-13-24-10-8-19(20)12-18/h1-14H,15H2. The molecule has 0 unspecified atom stereocenters. The van der Waals surface area contributed by atoms with Crippen LogP contribution in [0.25, 0.3) is 33.1 Å². The normalized spacial score (nSPS) is 11.1. The minimum absolute atomic E-state index is 0.135. The van der Waals surface area contributed by atoms with Gasteiger partial charge in [-0.2, -0.15) is 0 Å². The number of benzene rings is 2. The van der Waals surface area contributed by atoms with Crippen molar-refractivity contribution < 1.29 is 0 Å². The van der Waals surface area contributed by atoms with E-state index in [-0.39, 0.29) is 5.56 Å². The van der Waals surface area contributed by atoms with E-state index in [4.69, 9.17) is 0 Å². The molecule has 134 valence electrons. The number of pyridine rings is 2. The van der Waals surface area contributed by atoms with E-state index in [1.165, 1.54) is 6.20 Å². The predicted molar refractivity (Wildman–Crippen MR) is 110 cm³/mol. The van der Waals surface area contributed by atoms with Crippen LogP contribution in [0.2, 0.25) is 0 Å². The van der Waals surface area contributed by atoms with Gasteiger partial charge in [-0.05, 0) is 52.4 Å². The Balaban J connectivity index is 1.56. The van der Waals surface area contributed by atoms with Gasteiger partial charge in [-0.1, -0.05) is 30.3 Å². The van der Waals surface area contributed by atoms with Crippen LogP contribution in [0.3, 0.4) is 0 Å². The van der Waals surface area contributed by atoms with Crippen LogP contribution in [0.1, 0.15) is 5.56 Å². The monoisotopic (exact) mass is 364 g/mol. The van der Waals surface area contributed by atoms with Crippen LogP contribution in [0.15, 0.2) is 90.2 Å². The summed E-state index contributed by atoms with van der Waals surface area (Å²) in [5.74, 6) is 0. The Kier molecular flexibility index (Phi) is 3.91. The third-order valence-electron chi connectivity index (χ3n) is 4.86. The van der Waals surface area contributed by atoms with Gasteiger partial charge >= 0.3 is 0 Å². The predicted octanol–water partition coefficient (Wildman–Crippen LogP) is 4.06. The molecule has 5 heteroatoms. The number of hydrogen-bond acceptors (Lipinski definition) is 4. The molecule has 0 spiro atoms. The number of rotatable bonds is 3. The van der Waals surface area contributed by atoms with Crippen LogP contribution in [-0.2, 0) is 6.54 Å². The Morgan fingerprint density at radius 3 is 2.68 bits per heavy atom. The highest BCUT2D eigenvalue weighted by Crippen LogP contribution is 2.25. The molecule has 0 aliphatic rings. The molecular weight excluding hydrogens is 348 g/mol. The molecule has 0 bridgehead atoms. The molecule has 0 saturated heterocycles. The maximum atomic E-state index is 12.4. The van der Waals surface area contributed by atoms with E-state index in [0.717, 1.165) is 33.0 Å². The average Bonchev–Trinajstić information content (AvgIpc) is 2.76. The lowest BCUT2D eigenvalue weighted by Crippen LogP contribution is -2.21. The van der Waals surface area contributed by atoms with Crippen LogP contribution >= 0.6 is 0 Å². The number of fused-ring (bicyclic) bond motifs is 2. The molecule has 0 aliphatic carbocycles. The molecule has 0 amide bonds. The van der Waals surface area contributed by atoms with Gasteiger partial charge in [-0.15, -0.1) is 0 Å². The molecule has 0 radical (unpaired) electrons. The van der Waals surface area contributed by atoms with Gasteiger partial charge in [-0.25, -0.2) is 9.97 Å². The van der Waals surface area contributed by atoms with Gasteiger partial charge in [0.1, 0.15) is 0 Å². The Morgan fingerprint density at radius 1 is 0.786 bits per heavy atom. The summed E-state index contributed by atoms with van der Waals surface area (Å²) in [6.07, 6.45) is 6.68. The van der Waals surface area contributed by atoms with E-state index >= 15 is 0 Å². The topological polar surface area (TPSA) is 60.7 Å². The van der Waals surface area contributed by atoms with E-state index in [2.05, 4.69) is 45.3 Å². The molecule has 0 N–H and O–H groups in total. The minimum atomic E-state index is -0.135. The number of aromatic nitrogens is 4. The molecule has 0 atom stereocenters. The third kappa shape index (κ3) is 2.93. The quantitative estimate of drug-likeness (QED) is 0.484. The number of nitrogens with zero attached hydrogens (tertiary/aromatic N) is 4. The van der Waals surface area contributed by atoms with Gasteiger partial charge in [-0.3, -0.25) is 14.3 Å². The highest BCUT2D eigenvalue weighted by Gasteiger charge is 2.07. The molecule has 5 nitrogen and oxygen atoms in total. The van der Waals surface area contributed by atoms with Crippen molar-refractivity contribution in [3.63, 3.8) is 0 Å². The van der Waals surface area contributed by atoms with Crippen LogP contribution in [0.4, 0.5) is 0 Å². The molecule has 3 heterocycles. The highest BCUT2D eigenvalue weighted by molar-refractivity contribution is 5.86. The van der Waals surface area contributed by atoms with Gasteiger partial charge in [0.05, 0.1) is 18.3 Å². The van der Waals surface area contributed by atoms with Crippen LogP contribution in [0.5, 0.6) is 0 Å². The fraction of sp³-hybridized carbons (Fsp3) is 0.0435. The van der Waals surface area contributed by atoms with Crippen molar-refractivity contribution in [3.8, 4) is 11.1 Å². The van der Waals surface area contributed by atoms with E-state index in [9.17, 15) is 4.79 Å². The summed E-state index contributed by atoms with van der Waals surface area (Å²) in [5.41, 5.74) is 4.46. The summed E-state index contributed by atoms with van der Waals surface area (Å²) in [4.78, 5) is 24.9. The second kappa shape index (κ2) is 6.70. The van der Waals surface area contributed by atoms with Gasteiger partial charge in [0.15, 0.2) is 5.65 Å². The van der Waals surface area contributed by atoms with E-state index in [0.29, 0.717) is 12.2 Å². The lowest BCUT2D eigenvalue weighted by atomic mass is 10.0. The summed E-state index contributed by atoms with van der Waals surface area (Å²) in [5, 5.41) is 2.27. The lowest BCUT2D eigenvalue weighted by Gasteiger charge is -2.11. The summed E-state index contributed by atoms with van der Waals surface area (Å²) < 4.78 is 1.71. The molecule has 5 aromatic rings.